The Kier molecular flexibility index (Phi) is 7.98. The van der Waals surface area contributed by atoms with E-state index in [-0.39, 0.29) is 17.9 Å². The summed E-state index contributed by atoms with van der Waals surface area (Å²) in [5, 5.41) is 0. The lowest BCUT2D eigenvalue weighted by atomic mass is 10.1. The number of benzene rings is 2. The highest BCUT2D eigenvalue weighted by Crippen LogP contribution is 2.27. The number of likely N-dealkylation sites (N-methyl/N-ethyl adjacent to an activating group) is 1. The number of ether oxygens (including phenoxy) is 2. The molecule has 0 saturated carbocycles. The van der Waals surface area contributed by atoms with Gasteiger partial charge in [-0.05, 0) is 80.9 Å². The quantitative estimate of drug-likeness (QED) is 0.370. The Morgan fingerprint density at radius 1 is 1.11 bits per heavy atom. The van der Waals surface area contributed by atoms with Gasteiger partial charge in [0.05, 0.1) is 6.10 Å². The first kappa shape index (κ1) is 24.7. The fraction of sp³-hybridized carbons (Fsp3) is 0.357. The minimum Gasteiger partial charge on any atom is -0.459 e. The van der Waals surface area contributed by atoms with Crippen LogP contribution in [0, 0.1) is 5.82 Å². The van der Waals surface area contributed by atoms with Crippen LogP contribution < -0.4 is 9.64 Å². The first-order valence-corrected chi connectivity index (χ1v) is 12.1. The number of hydrogen-bond donors (Lipinski definition) is 0. The minimum absolute atomic E-state index is 0.176. The predicted octanol–water partition coefficient (Wildman–Crippen LogP) is 5.68. The molecular weight excluding hydrogens is 445 g/mol. The Morgan fingerprint density at radius 3 is 2.46 bits per heavy atom. The Morgan fingerprint density at radius 2 is 1.80 bits per heavy atom. The maximum absolute atomic E-state index is 13.1. The van der Waals surface area contributed by atoms with E-state index in [2.05, 4.69) is 33.8 Å². The molecule has 184 valence electrons. The van der Waals surface area contributed by atoms with E-state index >= 15 is 0 Å². The van der Waals surface area contributed by atoms with Gasteiger partial charge in [-0.1, -0.05) is 19.1 Å². The smallest absolute Gasteiger partial charge is 0.342 e. The molecule has 1 saturated heterocycles. The minimum atomic E-state index is -0.332. The number of rotatable bonds is 9. The molecule has 0 aliphatic carbocycles. The summed E-state index contributed by atoms with van der Waals surface area (Å²) >= 11 is 0. The van der Waals surface area contributed by atoms with Crippen molar-refractivity contribution < 1.29 is 18.7 Å². The highest BCUT2D eigenvalue weighted by Gasteiger charge is 2.30. The number of esters is 1. The third kappa shape index (κ3) is 6.36. The zero-order valence-electron chi connectivity index (χ0n) is 20.5. The number of nitrogens with zero attached hydrogens (tertiary/aromatic N) is 3. The molecule has 1 aromatic heterocycles. The molecule has 0 N–H and O–H groups in total. The van der Waals surface area contributed by atoms with Gasteiger partial charge in [0.2, 0.25) is 0 Å². The van der Waals surface area contributed by atoms with Crippen LogP contribution in [0.5, 0.6) is 11.5 Å². The summed E-state index contributed by atoms with van der Waals surface area (Å²) in [5.74, 6) is 1.39. The van der Waals surface area contributed by atoms with Gasteiger partial charge in [0.15, 0.2) is 0 Å². The molecule has 2 heterocycles. The molecule has 1 fully saturated rings. The van der Waals surface area contributed by atoms with Crippen LogP contribution in [0.3, 0.4) is 0 Å². The molecule has 3 aromatic rings. The van der Waals surface area contributed by atoms with E-state index in [4.69, 9.17) is 9.47 Å². The Labute approximate surface area is 206 Å². The summed E-state index contributed by atoms with van der Waals surface area (Å²) in [5.41, 5.74) is 1.71. The molecule has 2 aromatic carbocycles. The summed E-state index contributed by atoms with van der Waals surface area (Å²) in [7, 11) is 0. The van der Waals surface area contributed by atoms with Crippen molar-refractivity contribution in [2.75, 3.05) is 24.5 Å². The molecule has 1 aliphatic rings. The molecule has 0 amide bonds. The van der Waals surface area contributed by atoms with Crippen molar-refractivity contribution in [1.29, 1.82) is 0 Å². The van der Waals surface area contributed by atoms with E-state index in [1.54, 1.807) is 30.5 Å². The van der Waals surface area contributed by atoms with Gasteiger partial charge in [-0.25, -0.2) is 14.2 Å². The summed E-state index contributed by atoms with van der Waals surface area (Å²) < 4.78 is 24.3. The van der Waals surface area contributed by atoms with E-state index in [1.807, 2.05) is 26.0 Å². The zero-order valence-corrected chi connectivity index (χ0v) is 20.5. The van der Waals surface area contributed by atoms with Crippen molar-refractivity contribution in [3.63, 3.8) is 0 Å². The summed E-state index contributed by atoms with van der Waals surface area (Å²) in [6.07, 6.45) is 2.54. The number of aromatic nitrogens is 1. The third-order valence-electron chi connectivity index (χ3n) is 6.09. The van der Waals surface area contributed by atoms with Crippen LogP contribution in [0.4, 0.5) is 10.2 Å². The Bertz CT molecular complexity index is 1120. The fourth-order valence-corrected chi connectivity index (χ4v) is 4.35. The largest absolute Gasteiger partial charge is 0.459 e. The lowest BCUT2D eigenvalue weighted by molar-refractivity contribution is 0.0378. The van der Waals surface area contributed by atoms with Crippen molar-refractivity contribution in [2.45, 2.75) is 45.9 Å². The standard InChI is InChI=1S/C28H32FN3O3/c1-4-31(18-21-7-11-24(12-8-21)35-25-13-9-22(29)10-14-25)23-15-17-32(19-23)27-26(6-5-16-30-27)28(33)34-20(2)3/h5-14,16,20,23H,4,15,17-19H2,1-3H3. The molecule has 7 heteroatoms. The van der Waals surface area contributed by atoms with E-state index in [0.717, 1.165) is 32.6 Å². The van der Waals surface area contributed by atoms with E-state index in [9.17, 15) is 9.18 Å². The van der Waals surface area contributed by atoms with Crippen molar-refractivity contribution in [1.82, 2.24) is 9.88 Å². The van der Waals surface area contributed by atoms with Crippen LogP contribution in [0.2, 0.25) is 0 Å². The van der Waals surface area contributed by atoms with E-state index in [0.29, 0.717) is 28.9 Å². The number of hydrogen-bond acceptors (Lipinski definition) is 6. The summed E-state index contributed by atoms with van der Waals surface area (Å²) in [4.78, 5) is 21.7. The Balaban J connectivity index is 1.38. The number of carbonyl (C=O) groups excluding carboxylic acids is 1. The van der Waals surface area contributed by atoms with Crippen molar-refractivity contribution in [3.05, 3.63) is 83.8 Å². The topological polar surface area (TPSA) is 54.9 Å². The van der Waals surface area contributed by atoms with Crippen LogP contribution in [-0.2, 0) is 11.3 Å². The zero-order chi connectivity index (χ0) is 24.8. The number of anilines is 1. The molecule has 0 spiro atoms. The second-order valence-electron chi connectivity index (χ2n) is 8.98. The lowest BCUT2D eigenvalue weighted by Crippen LogP contribution is -2.37. The monoisotopic (exact) mass is 477 g/mol. The maximum atomic E-state index is 13.1. The molecule has 1 atom stereocenters. The number of carbonyl (C=O) groups is 1. The SMILES string of the molecule is CCN(Cc1ccc(Oc2ccc(F)cc2)cc1)C1CCN(c2ncccc2C(=O)OC(C)C)C1. The summed E-state index contributed by atoms with van der Waals surface area (Å²) in [6, 6.07) is 17.9. The predicted molar refractivity (Wildman–Crippen MR) is 134 cm³/mol. The molecule has 1 aliphatic heterocycles. The second-order valence-corrected chi connectivity index (χ2v) is 8.98. The molecule has 1 unspecified atom stereocenters. The van der Waals surface area contributed by atoms with Gasteiger partial charge < -0.3 is 14.4 Å². The van der Waals surface area contributed by atoms with E-state index in [1.165, 1.54) is 17.7 Å². The first-order chi connectivity index (χ1) is 16.9. The normalized spacial score (nSPS) is 15.6. The maximum Gasteiger partial charge on any atom is 0.342 e. The average Bonchev–Trinajstić information content (AvgIpc) is 3.34. The molecule has 6 nitrogen and oxygen atoms in total. The highest BCUT2D eigenvalue weighted by atomic mass is 19.1. The third-order valence-corrected chi connectivity index (χ3v) is 6.09. The van der Waals surface area contributed by atoms with E-state index < -0.39 is 0 Å². The first-order valence-electron chi connectivity index (χ1n) is 12.1. The van der Waals surface area contributed by atoms with Crippen LogP contribution in [0.15, 0.2) is 66.9 Å². The van der Waals surface area contributed by atoms with Gasteiger partial charge in [0, 0.05) is 31.9 Å². The molecule has 4 rings (SSSR count). The molecule has 0 radical (unpaired) electrons. The van der Waals surface area contributed by atoms with Gasteiger partial charge in [0.1, 0.15) is 28.7 Å². The van der Waals surface area contributed by atoms with Crippen molar-refractivity contribution in [2.24, 2.45) is 0 Å². The summed E-state index contributed by atoms with van der Waals surface area (Å²) in [6.45, 7) is 9.23. The van der Waals surface area contributed by atoms with Gasteiger partial charge in [-0.15, -0.1) is 0 Å². The molecule has 35 heavy (non-hydrogen) atoms. The van der Waals surface area contributed by atoms with Gasteiger partial charge >= 0.3 is 5.97 Å². The number of halogens is 1. The van der Waals surface area contributed by atoms with Gasteiger partial charge in [-0.2, -0.15) is 0 Å². The highest BCUT2D eigenvalue weighted by molar-refractivity contribution is 5.94. The van der Waals surface area contributed by atoms with Crippen molar-refractivity contribution in [3.8, 4) is 11.5 Å². The molecule has 0 bridgehead atoms. The lowest BCUT2D eigenvalue weighted by Gasteiger charge is -2.28. The van der Waals surface area contributed by atoms with Crippen LogP contribution in [0.25, 0.3) is 0 Å². The van der Waals surface area contributed by atoms with Crippen LogP contribution in [-0.4, -0.2) is 47.6 Å². The second kappa shape index (κ2) is 11.3. The molecular formula is C28H32FN3O3. The van der Waals surface area contributed by atoms with Crippen molar-refractivity contribution >= 4 is 11.8 Å². The van der Waals surface area contributed by atoms with Gasteiger partial charge in [-0.3, -0.25) is 4.90 Å². The van der Waals surface area contributed by atoms with Gasteiger partial charge in [0.25, 0.3) is 0 Å². The number of pyridine rings is 1. The van der Waals surface area contributed by atoms with Crippen LogP contribution in [0.1, 0.15) is 43.1 Å². The fourth-order valence-electron chi connectivity index (χ4n) is 4.35. The average molecular weight is 478 g/mol. The Hall–Kier alpha value is -3.45. The van der Waals surface area contributed by atoms with Crippen LogP contribution >= 0.6 is 0 Å².